The number of piperidine rings is 1. The lowest BCUT2D eigenvalue weighted by Gasteiger charge is -2.32. The maximum absolute atomic E-state index is 12.1. The Morgan fingerprint density at radius 2 is 2.10 bits per heavy atom. The number of hydrogen-bond donors (Lipinski definition) is 2. The maximum Gasteiger partial charge on any atom is 0.224 e. The minimum absolute atomic E-state index is 0.0404. The Hall–Kier alpha value is -1.10. The fraction of sp³-hybridized carbons (Fsp3) is 0.867. The molecule has 116 valence electrons. The molecule has 0 aromatic rings. The molecule has 1 aliphatic rings. The first-order valence-corrected chi connectivity index (χ1v) is 7.67. The van der Waals surface area contributed by atoms with Crippen molar-refractivity contribution < 1.29 is 14.7 Å². The van der Waals surface area contributed by atoms with Gasteiger partial charge in [0, 0.05) is 26.1 Å². The van der Waals surface area contributed by atoms with Crippen LogP contribution in [0.25, 0.3) is 0 Å². The van der Waals surface area contributed by atoms with Gasteiger partial charge in [-0.25, -0.2) is 0 Å². The summed E-state index contributed by atoms with van der Waals surface area (Å²) in [6, 6.07) is 0. The summed E-state index contributed by atoms with van der Waals surface area (Å²) in [6.45, 7) is 7.50. The van der Waals surface area contributed by atoms with Gasteiger partial charge in [0.1, 0.15) is 0 Å². The number of hydrogen-bond acceptors (Lipinski definition) is 3. The SMILES string of the molecule is CCC(=O)N1CCCC(C(=O)NCC(O)CC(C)C)C1. The number of aliphatic hydroxyl groups is 1. The van der Waals surface area contributed by atoms with Gasteiger partial charge in [0.05, 0.1) is 12.0 Å². The Balaban J connectivity index is 2.37. The first-order chi connectivity index (χ1) is 9.43. The van der Waals surface area contributed by atoms with E-state index in [0.717, 1.165) is 19.4 Å². The normalized spacial score (nSPS) is 20.9. The second-order valence-electron chi connectivity index (χ2n) is 6.06. The second-order valence-corrected chi connectivity index (χ2v) is 6.06. The van der Waals surface area contributed by atoms with Crippen LogP contribution in [0.2, 0.25) is 0 Å². The fourth-order valence-corrected chi connectivity index (χ4v) is 2.63. The van der Waals surface area contributed by atoms with Crippen molar-refractivity contribution in [3.8, 4) is 0 Å². The quantitative estimate of drug-likeness (QED) is 0.769. The van der Waals surface area contributed by atoms with Crippen LogP contribution in [0.1, 0.15) is 46.5 Å². The number of nitrogens with zero attached hydrogens (tertiary/aromatic N) is 1. The molecular weight excluding hydrogens is 256 g/mol. The highest BCUT2D eigenvalue weighted by molar-refractivity contribution is 5.81. The van der Waals surface area contributed by atoms with Crippen molar-refractivity contribution in [3.05, 3.63) is 0 Å². The van der Waals surface area contributed by atoms with Crippen LogP contribution < -0.4 is 5.32 Å². The highest BCUT2D eigenvalue weighted by atomic mass is 16.3. The summed E-state index contributed by atoms with van der Waals surface area (Å²) < 4.78 is 0. The van der Waals surface area contributed by atoms with Crippen molar-refractivity contribution in [3.63, 3.8) is 0 Å². The van der Waals surface area contributed by atoms with Gasteiger partial charge in [0.2, 0.25) is 11.8 Å². The molecular formula is C15H28N2O3. The minimum atomic E-state index is -0.490. The lowest BCUT2D eigenvalue weighted by atomic mass is 9.96. The van der Waals surface area contributed by atoms with E-state index in [1.165, 1.54) is 0 Å². The van der Waals surface area contributed by atoms with Gasteiger partial charge < -0.3 is 15.3 Å². The van der Waals surface area contributed by atoms with Crippen LogP contribution in [-0.4, -0.2) is 47.6 Å². The molecule has 2 N–H and O–H groups in total. The van der Waals surface area contributed by atoms with E-state index in [1.54, 1.807) is 4.90 Å². The number of rotatable bonds is 6. The molecule has 1 saturated heterocycles. The zero-order valence-corrected chi connectivity index (χ0v) is 12.9. The van der Waals surface area contributed by atoms with Crippen molar-refractivity contribution in [1.29, 1.82) is 0 Å². The van der Waals surface area contributed by atoms with Crippen LogP contribution in [0.15, 0.2) is 0 Å². The van der Waals surface area contributed by atoms with Crippen LogP contribution in [0.5, 0.6) is 0 Å². The highest BCUT2D eigenvalue weighted by Gasteiger charge is 2.27. The highest BCUT2D eigenvalue weighted by Crippen LogP contribution is 2.17. The molecule has 0 radical (unpaired) electrons. The van der Waals surface area contributed by atoms with Crippen LogP contribution in [0.3, 0.4) is 0 Å². The Labute approximate surface area is 121 Å². The van der Waals surface area contributed by atoms with Crippen molar-refractivity contribution in [2.75, 3.05) is 19.6 Å². The average molecular weight is 284 g/mol. The Morgan fingerprint density at radius 1 is 1.40 bits per heavy atom. The molecule has 2 unspecified atom stereocenters. The van der Waals surface area contributed by atoms with Crippen LogP contribution in [0.4, 0.5) is 0 Å². The molecule has 1 heterocycles. The summed E-state index contributed by atoms with van der Waals surface area (Å²) in [5.41, 5.74) is 0. The lowest BCUT2D eigenvalue weighted by Crippen LogP contribution is -2.46. The number of carbonyl (C=O) groups excluding carboxylic acids is 2. The predicted molar refractivity (Wildman–Crippen MR) is 78.1 cm³/mol. The molecule has 0 aliphatic carbocycles. The molecule has 5 nitrogen and oxygen atoms in total. The number of aliphatic hydroxyl groups excluding tert-OH is 1. The van der Waals surface area contributed by atoms with E-state index in [9.17, 15) is 14.7 Å². The fourth-order valence-electron chi connectivity index (χ4n) is 2.63. The van der Waals surface area contributed by atoms with Crippen LogP contribution in [0, 0.1) is 11.8 Å². The van der Waals surface area contributed by atoms with Crippen molar-refractivity contribution in [2.24, 2.45) is 11.8 Å². The van der Waals surface area contributed by atoms with E-state index in [1.807, 2.05) is 20.8 Å². The summed E-state index contributed by atoms with van der Waals surface area (Å²) in [5, 5.41) is 12.6. The largest absolute Gasteiger partial charge is 0.391 e. The maximum atomic E-state index is 12.1. The Kier molecular flexibility index (Phi) is 6.99. The molecule has 0 spiro atoms. The Morgan fingerprint density at radius 3 is 2.70 bits per heavy atom. The minimum Gasteiger partial charge on any atom is -0.391 e. The molecule has 1 aliphatic heterocycles. The monoisotopic (exact) mass is 284 g/mol. The summed E-state index contributed by atoms with van der Waals surface area (Å²) in [6.07, 6.45) is 2.38. The molecule has 5 heteroatoms. The van der Waals surface area contributed by atoms with Gasteiger partial charge in [0.25, 0.3) is 0 Å². The number of likely N-dealkylation sites (tertiary alicyclic amines) is 1. The average Bonchev–Trinajstić information content (AvgIpc) is 2.43. The number of nitrogens with one attached hydrogen (secondary N) is 1. The van der Waals surface area contributed by atoms with Crippen molar-refractivity contribution in [2.45, 2.75) is 52.6 Å². The topological polar surface area (TPSA) is 69.6 Å². The van der Waals surface area contributed by atoms with Gasteiger partial charge in [-0.2, -0.15) is 0 Å². The van der Waals surface area contributed by atoms with Gasteiger partial charge in [-0.15, -0.1) is 0 Å². The van der Waals surface area contributed by atoms with Crippen LogP contribution >= 0.6 is 0 Å². The van der Waals surface area contributed by atoms with E-state index in [-0.39, 0.29) is 17.7 Å². The molecule has 0 aromatic heterocycles. The van der Waals surface area contributed by atoms with E-state index in [4.69, 9.17) is 0 Å². The van der Waals surface area contributed by atoms with E-state index < -0.39 is 6.10 Å². The summed E-state index contributed by atoms with van der Waals surface area (Å²) in [7, 11) is 0. The van der Waals surface area contributed by atoms with Crippen molar-refractivity contribution >= 4 is 11.8 Å². The summed E-state index contributed by atoms with van der Waals surface area (Å²) in [4.78, 5) is 25.5. The molecule has 2 atom stereocenters. The third-order valence-electron chi connectivity index (χ3n) is 3.70. The van der Waals surface area contributed by atoms with Gasteiger partial charge in [-0.05, 0) is 25.2 Å². The second kappa shape index (κ2) is 8.25. The number of amides is 2. The summed E-state index contributed by atoms with van der Waals surface area (Å²) >= 11 is 0. The molecule has 1 fully saturated rings. The molecule has 2 amide bonds. The van der Waals surface area contributed by atoms with E-state index >= 15 is 0 Å². The Bertz CT molecular complexity index is 331. The standard InChI is InChI=1S/C15H28N2O3/c1-4-14(19)17-7-5-6-12(10-17)15(20)16-9-13(18)8-11(2)3/h11-13,18H,4-10H2,1-3H3,(H,16,20). The molecule has 0 aromatic carbocycles. The third-order valence-corrected chi connectivity index (χ3v) is 3.70. The molecule has 1 rings (SSSR count). The first-order valence-electron chi connectivity index (χ1n) is 7.67. The summed E-state index contributed by atoms with van der Waals surface area (Å²) in [5.74, 6) is 0.350. The number of carbonyl (C=O) groups is 2. The van der Waals surface area contributed by atoms with Gasteiger partial charge in [-0.1, -0.05) is 20.8 Å². The van der Waals surface area contributed by atoms with Crippen LogP contribution in [-0.2, 0) is 9.59 Å². The van der Waals surface area contributed by atoms with Gasteiger partial charge in [0.15, 0.2) is 0 Å². The third kappa shape index (κ3) is 5.49. The molecule has 0 bridgehead atoms. The lowest BCUT2D eigenvalue weighted by molar-refractivity contribution is -0.135. The zero-order valence-electron chi connectivity index (χ0n) is 12.9. The van der Waals surface area contributed by atoms with Gasteiger partial charge in [-0.3, -0.25) is 9.59 Å². The zero-order chi connectivity index (χ0) is 15.1. The predicted octanol–water partition coefficient (Wildman–Crippen LogP) is 1.16. The van der Waals surface area contributed by atoms with Gasteiger partial charge >= 0.3 is 0 Å². The smallest absolute Gasteiger partial charge is 0.224 e. The van der Waals surface area contributed by atoms with E-state index in [2.05, 4.69) is 5.32 Å². The molecule has 0 saturated carbocycles. The first kappa shape index (κ1) is 17.0. The molecule has 20 heavy (non-hydrogen) atoms. The van der Waals surface area contributed by atoms with Crippen molar-refractivity contribution in [1.82, 2.24) is 10.2 Å². The van der Waals surface area contributed by atoms with E-state index in [0.29, 0.717) is 31.8 Å².